The van der Waals surface area contributed by atoms with E-state index >= 15 is 0 Å². The molecule has 3 saturated heterocycles. The first-order valence-corrected chi connectivity index (χ1v) is 9.23. The summed E-state index contributed by atoms with van der Waals surface area (Å²) in [6, 6.07) is 13.6. The Balaban J connectivity index is 1.48. The van der Waals surface area contributed by atoms with Crippen molar-refractivity contribution in [3.8, 4) is 0 Å². The van der Waals surface area contributed by atoms with Gasteiger partial charge in [0.2, 0.25) is 5.91 Å². The van der Waals surface area contributed by atoms with E-state index in [9.17, 15) is 9.59 Å². The third-order valence-corrected chi connectivity index (χ3v) is 5.43. The summed E-state index contributed by atoms with van der Waals surface area (Å²) >= 11 is 0. The Hall–Kier alpha value is -2.69. The molecule has 0 N–H and O–H groups in total. The van der Waals surface area contributed by atoms with Crippen LogP contribution >= 0.6 is 0 Å². The second-order valence-corrected chi connectivity index (χ2v) is 7.26. The van der Waals surface area contributed by atoms with Crippen LogP contribution in [0, 0.1) is 5.92 Å². The molecule has 0 radical (unpaired) electrons. The van der Waals surface area contributed by atoms with Crippen LogP contribution in [0.15, 0.2) is 54.9 Å². The predicted octanol–water partition coefficient (Wildman–Crippen LogP) is 2.39. The molecule has 2 aromatic rings. The van der Waals surface area contributed by atoms with Gasteiger partial charge in [-0.05, 0) is 36.5 Å². The van der Waals surface area contributed by atoms with Crippen LogP contribution in [0.5, 0.6) is 0 Å². The Morgan fingerprint density at radius 2 is 1.85 bits per heavy atom. The van der Waals surface area contributed by atoms with Crippen LogP contribution in [0.1, 0.15) is 28.8 Å². The molecule has 3 aliphatic heterocycles. The lowest BCUT2D eigenvalue weighted by Crippen LogP contribution is -2.48. The van der Waals surface area contributed by atoms with Crippen molar-refractivity contribution in [2.24, 2.45) is 5.92 Å². The lowest BCUT2D eigenvalue weighted by atomic mass is 9.94. The molecule has 26 heavy (non-hydrogen) atoms. The summed E-state index contributed by atoms with van der Waals surface area (Å²) in [6.07, 6.45) is 5.78. The number of fused-ring (bicyclic) bond motifs is 4. The predicted molar refractivity (Wildman–Crippen MR) is 98.5 cm³/mol. The standard InChI is InChI=1S/C21H23N3O2/c25-20(11-16-5-2-1-3-6-16)24-14-17-8-9-19(24)15-23(13-17)21(26)18-7-4-10-22-12-18/h1-7,10,12,17,19H,8-9,11,13-15H2/t17-,19+/m1/s1. The van der Waals surface area contributed by atoms with E-state index < -0.39 is 0 Å². The van der Waals surface area contributed by atoms with Crippen LogP contribution in [0.25, 0.3) is 0 Å². The van der Waals surface area contributed by atoms with Crippen LogP contribution in [0.3, 0.4) is 0 Å². The quantitative estimate of drug-likeness (QED) is 0.855. The average molecular weight is 349 g/mol. The summed E-state index contributed by atoms with van der Waals surface area (Å²) in [5.74, 6) is 0.544. The van der Waals surface area contributed by atoms with Gasteiger partial charge in [-0.3, -0.25) is 14.6 Å². The lowest BCUT2D eigenvalue weighted by Gasteiger charge is -2.36. The van der Waals surface area contributed by atoms with Gasteiger partial charge >= 0.3 is 0 Å². The summed E-state index contributed by atoms with van der Waals surface area (Å²) in [5, 5.41) is 0. The molecule has 3 fully saturated rings. The Bertz CT molecular complexity index is 778. The lowest BCUT2D eigenvalue weighted by molar-refractivity contribution is -0.134. The van der Waals surface area contributed by atoms with Gasteiger partial charge in [-0.2, -0.15) is 0 Å². The van der Waals surface area contributed by atoms with Gasteiger partial charge in [0, 0.05) is 38.1 Å². The normalized spacial score (nSPS) is 22.2. The number of aromatic nitrogens is 1. The van der Waals surface area contributed by atoms with Crippen molar-refractivity contribution in [3.05, 3.63) is 66.0 Å². The van der Waals surface area contributed by atoms with Gasteiger partial charge in [0.05, 0.1) is 12.0 Å². The molecule has 0 saturated carbocycles. The molecule has 0 spiro atoms. The van der Waals surface area contributed by atoms with Crippen LogP contribution in [-0.2, 0) is 11.2 Å². The van der Waals surface area contributed by atoms with E-state index in [1.54, 1.807) is 24.5 Å². The Kier molecular flexibility index (Phi) is 4.69. The fourth-order valence-electron chi connectivity index (χ4n) is 4.10. The van der Waals surface area contributed by atoms with Crippen LogP contribution in [-0.4, -0.2) is 52.3 Å². The van der Waals surface area contributed by atoms with E-state index in [0.717, 1.165) is 31.5 Å². The number of hydrogen-bond acceptors (Lipinski definition) is 3. The van der Waals surface area contributed by atoms with Gasteiger partial charge in [-0.25, -0.2) is 0 Å². The summed E-state index contributed by atoms with van der Waals surface area (Å²) in [7, 11) is 0. The maximum absolute atomic E-state index is 12.9. The number of benzene rings is 1. The van der Waals surface area contributed by atoms with Crippen molar-refractivity contribution in [2.45, 2.75) is 25.3 Å². The largest absolute Gasteiger partial charge is 0.337 e. The molecule has 3 aliphatic rings. The van der Waals surface area contributed by atoms with E-state index in [4.69, 9.17) is 0 Å². The first-order valence-electron chi connectivity index (χ1n) is 9.23. The number of pyridine rings is 1. The van der Waals surface area contributed by atoms with Crippen molar-refractivity contribution >= 4 is 11.8 Å². The van der Waals surface area contributed by atoms with Gasteiger partial charge in [0.15, 0.2) is 0 Å². The first-order chi connectivity index (χ1) is 12.7. The minimum atomic E-state index is 0.0207. The molecule has 1 aromatic heterocycles. The molecule has 2 bridgehead atoms. The fourth-order valence-corrected chi connectivity index (χ4v) is 4.10. The van der Waals surface area contributed by atoms with Crippen molar-refractivity contribution in [3.63, 3.8) is 0 Å². The topological polar surface area (TPSA) is 53.5 Å². The van der Waals surface area contributed by atoms with E-state index in [0.29, 0.717) is 24.4 Å². The Morgan fingerprint density at radius 1 is 1.00 bits per heavy atom. The maximum Gasteiger partial charge on any atom is 0.255 e. The zero-order valence-electron chi connectivity index (χ0n) is 14.8. The van der Waals surface area contributed by atoms with E-state index in [-0.39, 0.29) is 17.9 Å². The van der Waals surface area contributed by atoms with Gasteiger partial charge in [0.1, 0.15) is 0 Å². The highest BCUT2D eigenvalue weighted by Gasteiger charge is 2.38. The van der Waals surface area contributed by atoms with Crippen LogP contribution in [0.4, 0.5) is 0 Å². The molecule has 2 atom stereocenters. The van der Waals surface area contributed by atoms with Crippen LogP contribution < -0.4 is 0 Å². The highest BCUT2D eigenvalue weighted by atomic mass is 16.2. The Morgan fingerprint density at radius 3 is 2.62 bits per heavy atom. The highest BCUT2D eigenvalue weighted by molar-refractivity contribution is 5.94. The summed E-state index contributed by atoms with van der Waals surface area (Å²) in [4.78, 5) is 33.7. The van der Waals surface area contributed by atoms with Crippen molar-refractivity contribution in [1.29, 1.82) is 0 Å². The van der Waals surface area contributed by atoms with Gasteiger partial charge < -0.3 is 9.80 Å². The second kappa shape index (κ2) is 7.28. The molecule has 0 aliphatic carbocycles. The minimum absolute atomic E-state index is 0.0207. The number of hydrogen-bond donors (Lipinski definition) is 0. The number of nitrogens with zero attached hydrogens (tertiary/aromatic N) is 3. The SMILES string of the molecule is O=C(c1cccnc1)N1C[C@H]2CC[C@@H](C1)N(C(=O)Cc1ccccc1)C2. The summed E-state index contributed by atoms with van der Waals surface area (Å²) in [6.45, 7) is 2.09. The Labute approximate surface area is 153 Å². The molecule has 5 rings (SSSR count). The molecule has 4 heterocycles. The highest BCUT2D eigenvalue weighted by Crippen LogP contribution is 2.29. The average Bonchev–Trinajstić information content (AvgIpc) is 3.01. The van der Waals surface area contributed by atoms with Crippen molar-refractivity contribution in [2.75, 3.05) is 19.6 Å². The first kappa shape index (κ1) is 16.8. The molecule has 2 amide bonds. The summed E-state index contributed by atoms with van der Waals surface area (Å²) < 4.78 is 0. The number of piperidine rings is 1. The molecular formula is C21H23N3O2. The maximum atomic E-state index is 12.9. The van der Waals surface area contributed by atoms with E-state index in [1.807, 2.05) is 40.1 Å². The van der Waals surface area contributed by atoms with Crippen molar-refractivity contribution in [1.82, 2.24) is 14.8 Å². The smallest absolute Gasteiger partial charge is 0.255 e. The molecular weight excluding hydrogens is 326 g/mol. The van der Waals surface area contributed by atoms with E-state index in [2.05, 4.69) is 4.98 Å². The molecule has 0 unspecified atom stereocenters. The minimum Gasteiger partial charge on any atom is -0.337 e. The van der Waals surface area contributed by atoms with Crippen LogP contribution in [0.2, 0.25) is 0 Å². The fraction of sp³-hybridized carbons (Fsp3) is 0.381. The van der Waals surface area contributed by atoms with Crippen molar-refractivity contribution < 1.29 is 9.59 Å². The monoisotopic (exact) mass is 349 g/mol. The number of carbonyl (C=O) groups excluding carboxylic acids is 2. The van der Waals surface area contributed by atoms with E-state index in [1.165, 1.54) is 0 Å². The number of amides is 2. The van der Waals surface area contributed by atoms with Gasteiger partial charge in [0.25, 0.3) is 5.91 Å². The zero-order valence-corrected chi connectivity index (χ0v) is 14.8. The third-order valence-electron chi connectivity index (χ3n) is 5.43. The number of rotatable bonds is 3. The van der Waals surface area contributed by atoms with Gasteiger partial charge in [-0.15, -0.1) is 0 Å². The van der Waals surface area contributed by atoms with Gasteiger partial charge in [-0.1, -0.05) is 30.3 Å². The molecule has 134 valence electrons. The number of carbonyl (C=O) groups is 2. The zero-order chi connectivity index (χ0) is 17.9. The molecule has 1 aromatic carbocycles. The molecule has 5 nitrogen and oxygen atoms in total. The summed E-state index contributed by atoms with van der Waals surface area (Å²) in [5.41, 5.74) is 1.66. The second-order valence-electron chi connectivity index (χ2n) is 7.26. The third kappa shape index (κ3) is 3.47. The molecule has 5 heteroatoms.